The maximum Gasteiger partial charge on any atom is 0.128 e. The topological polar surface area (TPSA) is 42.6 Å². The van der Waals surface area contributed by atoms with Gasteiger partial charge in [-0.2, -0.15) is 0 Å². The summed E-state index contributed by atoms with van der Waals surface area (Å²) in [7, 11) is 1.62. The molecule has 3 heteroatoms. The Balaban J connectivity index is 2.48. The first kappa shape index (κ1) is 12.7. The van der Waals surface area contributed by atoms with E-state index in [9.17, 15) is 5.11 Å². The van der Waals surface area contributed by atoms with Gasteiger partial charge in [0.1, 0.15) is 17.6 Å². The molecule has 0 aliphatic rings. The summed E-state index contributed by atoms with van der Waals surface area (Å²) in [6.07, 6.45) is 0.853. The number of aliphatic hydroxyl groups is 1. The van der Waals surface area contributed by atoms with Crippen molar-refractivity contribution in [3.63, 3.8) is 0 Å². The maximum absolute atomic E-state index is 10.4. The quantitative estimate of drug-likeness (QED) is 0.903. The molecule has 1 atom stereocenters. The van der Waals surface area contributed by atoms with Crippen LogP contribution in [-0.4, -0.2) is 12.2 Å². The molecule has 18 heavy (non-hydrogen) atoms. The third kappa shape index (κ3) is 2.14. The fourth-order valence-corrected chi connectivity index (χ4v) is 2.08. The molecule has 96 valence electrons. The van der Waals surface area contributed by atoms with Crippen LogP contribution in [0.3, 0.4) is 0 Å². The van der Waals surface area contributed by atoms with Crippen LogP contribution in [0.4, 0.5) is 0 Å². The Bertz CT molecular complexity index is 555. The molecule has 0 spiro atoms. The van der Waals surface area contributed by atoms with Crippen LogP contribution < -0.4 is 4.74 Å². The number of aliphatic hydroxyl groups excluding tert-OH is 1. The predicted octanol–water partition coefficient (Wildman–Crippen LogP) is 3.30. The molecule has 3 nitrogen and oxygen atoms in total. The van der Waals surface area contributed by atoms with Crippen LogP contribution in [0.5, 0.6) is 5.75 Å². The van der Waals surface area contributed by atoms with Crippen LogP contribution in [0.25, 0.3) is 0 Å². The van der Waals surface area contributed by atoms with Crippen LogP contribution in [0.2, 0.25) is 0 Å². The molecular weight excluding hydrogens is 228 g/mol. The number of aryl methyl sites for hydroxylation is 2. The first-order valence-corrected chi connectivity index (χ1v) is 5.91. The zero-order valence-electron chi connectivity index (χ0n) is 11.2. The van der Waals surface area contributed by atoms with Gasteiger partial charge in [-0.1, -0.05) is 12.1 Å². The smallest absolute Gasteiger partial charge is 0.128 e. The van der Waals surface area contributed by atoms with Crippen LogP contribution in [0, 0.1) is 20.8 Å². The Morgan fingerprint density at radius 1 is 1.22 bits per heavy atom. The molecular formula is C15H18O3. The normalized spacial score (nSPS) is 12.5. The van der Waals surface area contributed by atoms with Gasteiger partial charge in [-0.15, -0.1) is 0 Å². The van der Waals surface area contributed by atoms with Gasteiger partial charge in [0.15, 0.2) is 0 Å². The van der Waals surface area contributed by atoms with Gasteiger partial charge in [0.2, 0.25) is 0 Å². The third-order valence-electron chi connectivity index (χ3n) is 3.27. The predicted molar refractivity (Wildman–Crippen MR) is 70.0 cm³/mol. The molecule has 1 N–H and O–H groups in total. The second-order valence-corrected chi connectivity index (χ2v) is 4.52. The molecule has 0 amide bonds. The first-order valence-electron chi connectivity index (χ1n) is 5.91. The summed E-state index contributed by atoms with van der Waals surface area (Å²) in [5.41, 5.74) is 3.70. The zero-order chi connectivity index (χ0) is 13.3. The van der Waals surface area contributed by atoms with Crippen molar-refractivity contribution < 1.29 is 14.3 Å². The minimum atomic E-state index is -0.725. The number of hydrogen-bond acceptors (Lipinski definition) is 3. The van der Waals surface area contributed by atoms with Gasteiger partial charge in [-0.3, -0.25) is 0 Å². The molecule has 2 aromatic rings. The molecule has 1 aromatic heterocycles. The molecule has 0 saturated heterocycles. The van der Waals surface area contributed by atoms with Gasteiger partial charge < -0.3 is 14.3 Å². The van der Waals surface area contributed by atoms with E-state index in [1.165, 1.54) is 0 Å². The lowest BCUT2D eigenvalue weighted by Crippen LogP contribution is -2.03. The van der Waals surface area contributed by atoms with E-state index in [-0.39, 0.29) is 0 Å². The maximum atomic E-state index is 10.4. The van der Waals surface area contributed by atoms with E-state index in [1.807, 2.05) is 39.0 Å². The van der Waals surface area contributed by atoms with Crippen LogP contribution >= 0.6 is 0 Å². The lowest BCUT2D eigenvalue weighted by molar-refractivity contribution is 0.213. The Labute approximate surface area is 107 Å². The van der Waals surface area contributed by atoms with E-state index in [0.29, 0.717) is 0 Å². The van der Waals surface area contributed by atoms with Crippen molar-refractivity contribution in [1.29, 1.82) is 0 Å². The minimum absolute atomic E-state index is 0.725. The highest BCUT2D eigenvalue weighted by molar-refractivity contribution is 5.48. The zero-order valence-corrected chi connectivity index (χ0v) is 11.2. The highest BCUT2D eigenvalue weighted by Crippen LogP contribution is 2.34. The summed E-state index contributed by atoms with van der Waals surface area (Å²) in [5, 5.41) is 10.4. The molecule has 0 aliphatic heterocycles. The van der Waals surface area contributed by atoms with Gasteiger partial charge >= 0.3 is 0 Å². The molecule has 0 bridgehead atoms. The van der Waals surface area contributed by atoms with Crippen molar-refractivity contribution in [2.24, 2.45) is 0 Å². The van der Waals surface area contributed by atoms with Crippen molar-refractivity contribution in [3.8, 4) is 5.75 Å². The van der Waals surface area contributed by atoms with E-state index in [1.54, 1.807) is 13.4 Å². The lowest BCUT2D eigenvalue weighted by Gasteiger charge is -2.17. The standard InChI is InChI=1S/C15H18O3/c1-9-5-6-13(15(17-4)11(9)3)14(16)12-7-10(2)18-8-12/h5-8,14,16H,1-4H3. The van der Waals surface area contributed by atoms with E-state index < -0.39 is 6.10 Å². The highest BCUT2D eigenvalue weighted by Gasteiger charge is 2.19. The summed E-state index contributed by atoms with van der Waals surface area (Å²) >= 11 is 0. The Hall–Kier alpha value is -1.74. The number of hydrogen-bond donors (Lipinski definition) is 1. The largest absolute Gasteiger partial charge is 0.496 e. The average molecular weight is 246 g/mol. The molecule has 0 saturated carbocycles. The van der Waals surface area contributed by atoms with Gasteiger partial charge in [-0.25, -0.2) is 0 Å². The lowest BCUT2D eigenvalue weighted by atomic mass is 9.97. The second-order valence-electron chi connectivity index (χ2n) is 4.52. The average Bonchev–Trinajstić information content (AvgIpc) is 2.78. The first-order chi connectivity index (χ1) is 8.54. The van der Waals surface area contributed by atoms with Gasteiger partial charge in [0, 0.05) is 11.1 Å². The SMILES string of the molecule is COc1c(C(O)c2coc(C)c2)ccc(C)c1C. The summed E-state index contributed by atoms with van der Waals surface area (Å²) in [6, 6.07) is 5.72. The third-order valence-corrected chi connectivity index (χ3v) is 3.27. The summed E-state index contributed by atoms with van der Waals surface area (Å²) in [4.78, 5) is 0. The Morgan fingerprint density at radius 3 is 2.50 bits per heavy atom. The second kappa shape index (κ2) is 4.86. The van der Waals surface area contributed by atoms with Crippen molar-refractivity contribution in [3.05, 3.63) is 52.5 Å². The molecule has 2 rings (SSSR count). The van der Waals surface area contributed by atoms with Crippen LogP contribution in [-0.2, 0) is 0 Å². The number of rotatable bonds is 3. The monoisotopic (exact) mass is 246 g/mol. The summed E-state index contributed by atoms with van der Waals surface area (Å²) in [5.74, 6) is 1.52. The molecule has 0 fully saturated rings. The van der Waals surface area contributed by atoms with Crippen LogP contribution in [0.15, 0.2) is 28.9 Å². The van der Waals surface area contributed by atoms with Gasteiger partial charge in [0.25, 0.3) is 0 Å². The van der Waals surface area contributed by atoms with E-state index >= 15 is 0 Å². The van der Waals surface area contributed by atoms with E-state index in [4.69, 9.17) is 9.15 Å². The van der Waals surface area contributed by atoms with Gasteiger partial charge in [0.05, 0.1) is 13.4 Å². The minimum Gasteiger partial charge on any atom is -0.496 e. The fraction of sp³-hybridized carbons (Fsp3) is 0.333. The molecule has 1 unspecified atom stereocenters. The molecule has 1 aromatic carbocycles. The van der Waals surface area contributed by atoms with Crippen LogP contribution in [0.1, 0.15) is 34.1 Å². The molecule has 0 aliphatic carbocycles. The van der Waals surface area contributed by atoms with Crippen molar-refractivity contribution in [1.82, 2.24) is 0 Å². The Morgan fingerprint density at radius 2 is 1.94 bits per heavy atom. The summed E-state index contributed by atoms with van der Waals surface area (Å²) < 4.78 is 10.6. The van der Waals surface area contributed by atoms with E-state index in [0.717, 1.165) is 33.8 Å². The fourth-order valence-electron chi connectivity index (χ4n) is 2.08. The number of ether oxygens (including phenoxy) is 1. The summed E-state index contributed by atoms with van der Waals surface area (Å²) in [6.45, 7) is 5.87. The molecule has 0 radical (unpaired) electrons. The van der Waals surface area contributed by atoms with Crippen molar-refractivity contribution >= 4 is 0 Å². The van der Waals surface area contributed by atoms with Gasteiger partial charge in [-0.05, 0) is 38.0 Å². The molecule has 1 heterocycles. The number of furan rings is 1. The number of benzene rings is 1. The van der Waals surface area contributed by atoms with Crippen molar-refractivity contribution in [2.45, 2.75) is 26.9 Å². The Kier molecular flexibility index (Phi) is 3.43. The number of methoxy groups -OCH3 is 1. The van der Waals surface area contributed by atoms with E-state index in [2.05, 4.69) is 0 Å². The van der Waals surface area contributed by atoms with Crippen molar-refractivity contribution in [2.75, 3.05) is 7.11 Å². The highest BCUT2D eigenvalue weighted by atomic mass is 16.5.